The molecule has 1 aromatic rings. The van der Waals surface area contributed by atoms with Gasteiger partial charge in [-0.15, -0.1) is 0 Å². The van der Waals surface area contributed by atoms with Crippen molar-refractivity contribution in [2.24, 2.45) is 0 Å². The molecule has 2 nitrogen and oxygen atoms in total. The van der Waals surface area contributed by atoms with Crippen molar-refractivity contribution in [2.75, 3.05) is 25.5 Å². The Morgan fingerprint density at radius 2 is 1.88 bits per heavy atom. The van der Waals surface area contributed by atoms with E-state index in [2.05, 4.69) is 28.4 Å². The predicted molar refractivity (Wildman–Crippen MR) is 68.0 cm³/mol. The topological polar surface area (TPSA) is 15.3 Å². The summed E-state index contributed by atoms with van der Waals surface area (Å²) in [4.78, 5) is 2.68. The molecule has 2 aliphatic rings. The minimum absolute atomic E-state index is 0.915. The summed E-state index contributed by atoms with van der Waals surface area (Å²) >= 11 is 0. The third-order valence-corrected chi connectivity index (χ3v) is 3.89. The van der Waals surface area contributed by atoms with Crippen LogP contribution >= 0.6 is 0 Å². The van der Waals surface area contributed by atoms with Gasteiger partial charge in [-0.3, -0.25) is 4.90 Å². The first-order chi connectivity index (χ1) is 7.86. The van der Waals surface area contributed by atoms with Crippen molar-refractivity contribution in [1.29, 1.82) is 0 Å². The van der Waals surface area contributed by atoms with Gasteiger partial charge in [0.2, 0.25) is 0 Å². The number of benzene rings is 1. The molecule has 86 valence electrons. The molecule has 1 aliphatic heterocycles. The maximum Gasteiger partial charge on any atom is 0.0340 e. The molecular weight excluding hydrogens is 196 g/mol. The van der Waals surface area contributed by atoms with Gasteiger partial charge in [0.1, 0.15) is 0 Å². The molecule has 1 aliphatic carbocycles. The second-order valence-electron chi connectivity index (χ2n) is 5.00. The number of hydrogen-bond donors (Lipinski definition) is 1. The van der Waals surface area contributed by atoms with Gasteiger partial charge in [-0.25, -0.2) is 0 Å². The minimum Gasteiger partial charge on any atom is -0.388 e. The van der Waals surface area contributed by atoms with Crippen molar-refractivity contribution < 1.29 is 0 Å². The zero-order valence-corrected chi connectivity index (χ0v) is 10.00. The molecule has 1 fully saturated rings. The van der Waals surface area contributed by atoms with E-state index in [1.54, 1.807) is 11.1 Å². The Labute approximate surface area is 97.6 Å². The van der Waals surface area contributed by atoms with Crippen LogP contribution in [0.3, 0.4) is 0 Å². The molecule has 0 spiro atoms. The number of nitrogens with zero attached hydrogens (tertiary/aromatic N) is 1. The van der Waals surface area contributed by atoms with Gasteiger partial charge in [0, 0.05) is 31.9 Å². The summed E-state index contributed by atoms with van der Waals surface area (Å²) in [5, 5.41) is 3.23. The summed E-state index contributed by atoms with van der Waals surface area (Å²) in [6, 6.07) is 7.74. The lowest BCUT2D eigenvalue weighted by molar-refractivity contribution is 0.277. The summed E-state index contributed by atoms with van der Waals surface area (Å²) in [6.45, 7) is 2.52. The van der Waals surface area contributed by atoms with E-state index in [-0.39, 0.29) is 0 Å². The zero-order chi connectivity index (χ0) is 11.0. The summed E-state index contributed by atoms with van der Waals surface area (Å²) in [5.74, 6) is 0. The number of anilines is 1. The SMILES string of the molecule is CNc1ccc2c(c1)CCN(C1CC1)CC2. The van der Waals surface area contributed by atoms with Gasteiger partial charge in [-0.1, -0.05) is 6.07 Å². The molecule has 0 radical (unpaired) electrons. The Morgan fingerprint density at radius 3 is 2.56 bits per heavy atom. The first-order valence-corrected chi connectivity index (χ1v) is 6.40. The highest BCUT2D eigenvalue weighted by Gasteiger charge is 2.29. The van der Waals surface area contributed by atoms with Crippen LogP contribution in [-0.2, 0) is 12.8 Å². The summed E-state index contributed by atoms with van der Waals surface area (Å²) in [6.07, 6.45) is 5.31. The highest BCUT2D eigenvalue weighted by molar-refractivity contribution is 5.48. The normalized spacial score (nSPS) is 21.3. The fraction of sp³-hybridized carbons (Fsp3) is 0.571. The van der Waals surface area contributed by atoms with Gasteiger partial charge in [0.25, 0.3) is 0 Å². The Bertz CT molecular complexity index is 382. The third kappa shape index (κ3) is 1.94. The van der Waals surface area contributed by atoms with Crippen molar-refractivity contribution in [3.63, 3.8) is 0 Å². The second kappa shape index (κ2) is 4.10. The summed E-state index contributed by atoms with van der Waals surface area (Å²) in [7, 11) is 1.99. The van der Waals surface area contributed by atoms with E-state index in [1.165, 1.54) is 44.5 Å². The first kappa shape index (κ1) is 10.2. The fourth-order valence-corrected chi connectivity index (χ4v) is 2.70. The van der Waals surface area contributed by atoms with Gasteiger partial charge in [-0.2, -0.15) is 0 Å². The summed E-state index contributed by atoms with van der Waals surface area (Å²) < 4.78 is 0. The van der Waals surface area contributed by atoms with Crippen molar-refractivity contribution >= 4 is 5.69 Å². The lowest BCUT2D eigenvalue weighted by Crippen LogP contribution is -2.28. The highest BCUT2D eigenvalue weighted by Crippen LogP contribution is 2.29. The molecule has 2 heteroatoms. The minimum atomic E-state index is 0.915. The zero-order valence-electron chi connectivity index (χ0n) is 10.00. The van der Waals surface area contributed by atoms with Crippen LogP contribution in [0.15, 0.2) is 18.2 Å². The quantitative estimate of drug-likeness (QED) is 0.816. The van der Waals surface area contributed by atoms with E-state index in [0.29, 0.717) is 0 Å². The molecule has 16 heavy (non-hydrogen) atoms. The van der Waals surface area contributed by atoms with E-state index in [0.717, 1.165) is 6.04 Å². The van der Waals surface area contributed by atoms with Crippen molar-refractivity contribution in [2.45, 2.75) is 31.7 Å². The average molecular weight is 216 g/mol. The van der Waals surface area contributed by atoms with Gasteiger partial charge in [0.05, 0.1) is 0 Å². The van der Waals surface area contributed by atoms with E-state index in [4.69, 9.17) is 0 Å². The maximum absolute atomic E-state index is 3.23. The van der Waals surface area contributed by atoms with Crippen LogP contribution in [0.4, 0.5) is 5.69 Å². The average Bonchev–Trinajstić information content (AvgIpc) is 3.13. The molecule has 0 aromatic heterocycles. The van der Waals surface area contributed by atoms with Crippen LogP contribution in [0.1, 0.15) is 24.0 Å². The lowest BCUT2D eigenvalue weighted by Gasteiger charge is -2.18. The number of fused-ring (bicyclic) bond motifs is 1. The smallest absolute Gasteiger partial charge is 0.0340 e. The van der Waals surface area contributed by atoms with E-state index >= 15 is 0 Å². The molecule has 0 saturated heterocycles. The van der Waals surface area contributed by atoms with Crippen molar-refractivity contribution in [3.8, 4) is 0 Å². The Hall–Kier alpha value is -1.02. The summed E-state index contributed by atoms with van der Waals surface area (Å²) in [5.41, 5.74) is 4.36. The second-order valence-corrected chi connectivity index (χ2v) is 5.00. The molecule has 3 rings (SSSR count). The monoisotopic (exact) mass is 216 g/mol. The van der Waals surface area contributed by atoms with Crippen LogP contribution in [0.25, 0.3) is 0 Å². The Morgan fingerprint density at radius 1 is 1.12 bits per heavy atom. The van der Waals surface area contributed by atoms with E-state index in [1.807, 2.05) is 7.05 Å². The largest absolute Gasteiger partial charge is 0.388 e. The van der Waals surface area contributed by atoms with Crippen LogP contribution in [0.2, 0.25) is 0 Å². The van der Waals surface area contributed by atoms with Crippen LogP contribution in [0.5, 0.6) is 0 Å². The van der Waals surface area contributed by atoms with Gasteiger partial charge in [-0.05, 0) is 48.9 Å². The van der Waals surface area contributed by atoms with Crippen molar-refractivity contribution in [3.05, 3.63) is 29.3 Å². The maximum atomic E-state index is 3.23. The van der Waals surface area contributed by atoms with E-state index in [9.17, 15) is 0 Å². The molecule has 0 unspecified atom stereocenters. The van der Waals surface area contributed by atoms with Crippen molar-refractivity contribution in [1.82, 2.24) is 4.90 Å². The number of nitrogens with one attached hydrogen (secondary N) is 1. The standard InChI is InChI=1S/C14H20N2/c1-15-13-3-2-11-6-8-16(14-4-5-14)9-7-12(11)10-13/h2-3,10,14-15H,4-9H2,1H3. The lowest BCUT2D eigenvalue weighted by atomic mass is 10.0. The van der Waals surface area contributed by atoms with Gasteiger partial charge >= 0.3 is 0 Å². The van der Waals surface area contributed by atoms with E-state index < -0.39 is 0 Å². The van der Waals surface area contributed by atoms with Crippen LogP contribution < -0.4 is 5.32 Å². The van der Waals surface area contributed by atoms with Crippen LogP contribution in [-0.4, -0.2) is 31.1 Å². The molecule has 1 N–H and O–H groups in total. The Balaban J connectivity index is 1.79. The molecule has 1 saturated carbocycles. The molecule has 0 atom stereocenters. The first-order valence-electron chi connectivity index (χ1n) is 6.40. The Kier molecular flexibility index (Phi) is 2.60. The fourth-order valence-electron chi connectivity index (χ4n) is 2.70. The molecule has 0 amide bonds. The van der Waals surface area contributed by atoms with Gasteiger partial charge in [0.15, 0.2) is 0 Å². The molecule has 1 heterocycles. The number of rotatable bonds is 2. The molecular formula is C14H20N2. The predicted octanol–water partition coefficient (Wildman–Crippen LogP) is 2.29. The highest BCUT2D eigenvalue weighted by atomic mass is 15.2. The number of hydrogen-bond acceptors (Lipinski definition) is 2. The molecule has 0 bridgehead atoms. The van der Waals surface area contributed by atoms with Gasteiger partial charge < -0.3 is 5.32 Å². The van der Waals surface area contributed by atoms with Crippen LogP contribution in [0, 0.1) is 0 Å². The third-order valence-electron chi connectivity index (χ3n) is 3.89. The molecule has 1 aromatic carbocycles.